The van der Waals surface area contributed by atoms with Gasteiger partial charge < -0.3 is 10.4 Å². The van der Waals surface area contributed by atoms with Crippen LogP contribution in [0.1, 0.15) is 32.3 Å². The minimum atomic E-state index is -0.796. The minimum absolute atomic E-state index is 0.00451. The molecule has 0 heterocycles. The predicted octanol–water partition coefficient (Wildman–Crippen LogP) is 2.89. The van der Waals surface area contributed by atoms with Crippen LogP contribution in [0.4, 0.5) is 5.69 Å². The third kappa shape index (κ3) is 5.14. The summed E-state index contributed by atoms with van der Waals surface area (Å²) in [5.74, 6) is 0. The first kappa shape index (κ1) is 15.9. The van der Waals surface area contributed by atoms with E-state index in [4.69, 9.17) is 11.6 Å². The van der Waals surface area contributed by atoms with Gasteiger partial charge in [0.1, 0.15) is 0 Å². The number of aliphatic hydroxyl groups is 1. The molecule has 0 saturated heterocycles. The second kappa shape index (κ2) is 6.84. The van der Waals surface area contributed by atoms with Crippen LogP contribution < -0.4 is 5.32 Å². The van der Waals surface area contributed by atoms with Gasteiger partial charge in [0.05, 0.1) is 10.5 Å². The highest BCUT2D eigenvalue weighted by molar-refractivity contribution is 6.30. The summed E-state index contributed by atoms with van der Waals surface area (Å²) in [5, 5.41) is 24.3. The van der Waals surface area contributed by atoms with Gasteiger partial charge in [0.25, 0.3) is 5.69 Å². The molecule has 0 aliphatic heterocycles. The molecule has 1 aromatic rings. The van der Waals surface area contributed by atoms with Gasteiger partial charge in [0.2, 0.25) is 0 Å². The fourth-order valence-electron chi connectivity index (χ4n) is 1.95. The molecule has 0 aromatic heterocycles. The predicted molar refractivity (Wildman–Crippen MR) is 75.3 cm³/mol. The second-order valence-electron chi connectivity index (χ2n) is 4.88. The molecule has 0 spiro atoms. The zero-order valence-corrected chi connectivity index (χ0v) is 11.9. The van der Waals surface area contributed by atoms with E-state index in [9.17, 15) is 15.2 Å². The van der Waals surface area contributed by atoms with Crippen molar-refractivity contribution in [3.8, 4) is 0 Å². The van der Waals surface area contributed by atoms with Gasteiger partial charge in [0, 0.05) is 29.7 Å². The Balaban J connectivity index is 2.66. The van der Waals surface area contributed by atoms with Gasteiger partial charge in [-0.1, -0.05) is 24.9 Å². The summed E-state index contributed by atoms with van der Waals surface area (Å²) in [5.41, 5.74) is -0.243. The summed E-state index contributed by atoms with van der Waals surface area (Å²) in [7, 11) is 0. The summed E-state index contributed by atoms with van der Waals surface area (Å²) in [4.78, 5) is 10.5. The van der Waals surface area contributed by atoms with Crippen LogP contribution in [0.25, 0.3) is 0 Å². The summed E-state index contributed by atoms with van der Waals surface area (Å²) >= 11 is 5.74. The highest BCUT2D eigenvalue weighted by atomic mass is 35.5. The Morgan fingerprint density at radius 1 is 1.53 bits per heavy atom. The molecule has 2 N–H and O–H groups in total. The average molecular weight is 287 g/mol. The molecule has 106 valence electrons. The highest BCUT2D eigenvalue weighted by Crippen LogP contribution is 2.23. The Morgan fingerprint density at radius 3 is 2.79 bits per heavy atom. The monoisotopic (exact) mass is 286 g/mol. The summed E-state index contributed by atoms with van der Waals surface area (Å²) in [6, 6.07) is 4.58. The number of halogens is 1. The van der Waals surface area contributed by atoms with Crippen LogP contribution in [-0.4, -0.2) is 22.2 Å². The quantitative estimate of drug-likeness (QED) is 0.597. The third-order valence-corrected chi connectivity index (χ3v) is 3.09. The van der Waals surface area contributed by atoms with Gasteiger partial charge in [-0.15, -0.1) is 0 Å². The topological polar surface area (TPSA) is 75.4 Å². The molecule has 1 aromatic carbocycles. The Labute approximate surface area is 117 Å². The SMILES string of the molecule is CCCC(C)(O)CNCc1ccc(Cl)cc1[N+](=O)[O-]. The molecule has 0 amide bonds. The molecular formula is C13H19ClN2O3. The molecule has 0 aliphatic rings. The molecule has 0 radical (unpaired) electrons. The molecule has 6 heteroatoms. The highest BCUT2D eigenvalue weighted by Gasteiger charge is 2.19. The largest absolute Gasteiger partial charge is 0.389 e. The first-order valence-electron chi connectivity index (χ1n) is 6.21. The van der Waals surface area contributed by atoms with Crippen molar-refractivity contribution in [2.24, 2.45) is 0 Å². The van der Waals surface area contributed by atoms with E-state index in [1.165, 1.54) is 6.07 Å². The smallest absolute Gasteiger partial charge is 0.275 e. The van der Waals surface area contributed by atoms with E-state index in [1.807, 2.05) is 6.92 Å². The maximum Gasteiger partial charge on any atom is 0.275 e. The van der Waals surface area contributed by atoms with Crippen molar-refractivity contribution in [1.82, 2.24) is 5.32 Å². The molecule has 0 fully saturated rings. The normalized spacial score (nSPS) is 14.1. The number of hydrogen-bond donors (Lipinski definition) is 2. The van der Waals surface area contributed by atoms with Crippen LogP contribution >= 0.6 is 11.6 Å². The maximum atomic E-state index is 10.9. The number of nitro groups is 1. The number of rotatable bonds is 7. The molecule has 0 bridgehead atoms. The van der Waals surface area contributed by atoms with Crippen molar-refractivity contribution in [1.29, 1.82) is 0 Å². The molecule has 5 nitrogen and oxygen atoms in total. The van der Waals surface area contributed by atoms with E-state index in [-0.39, 0.29) is 5.69 Å². The van der Waals surface area contributed by atoms with Gasteiger partial charge in [-0.25, -0.2) is 0 Å². The molecule has 1 atom stereocenters. The van der Waals surface area contributed by atoms with Crippen molar-refractivity contribution >= 4 is 17.3 Å². The summed E-state index contributed by atoms with van der Waals surface area (Å²) < 4.78 is 0. The van der Waals surface area contributed by atoms with Crippen molar-refractivity contribution < 1.29 is 10.0 Å². The van der Waals surface area contributed by atoms with Crippen LogP contribution in [0.3, 0.4) is 0 Å². The lowest BCUT2D eigenvalue weighted by atomic mass is 10.0. The van der Waals surface area contributed by atoms with Gasteiger partial charge in [-0.2, -0.15) is 0 Å². The van der Waals surface area contributed by atoms with E-state index in [0.717, 1.165) is 6.42 Å². The zero-order chi connectivity index (χ0) is 14.5. The second-order valence-corrected chi connectivity index (χ2v) is 5.32. The Hall–Kier alpha value is -1.17. The molecule has 0 aliphatic carbocycles. The van der Waals surface area contributed by atoms with E-state index < -0.39 is 10.5 Å². The Morgan fingerprint density at radius 2 is 2.21 bits per heavy atom. The summed E-state index contributed by atoms with van der Waals surface area (Å²) in [6.45, 7) is 4.46. The van der Waals surface area contributed by atoms with Gasteiger partial charge in [-0.05, 0) is 25.5 Å². The van der Waals surface area contributed by atoms with Gasteiger partial charge in [0.15, 0.2) is 0 Å². The first-order chi connectivity index (χ1) is 8.85. The number of nitrogens with one attached hydrogen (secondary N) is 1. The molecular weight excluding hydrogens is 268 g/mol. The van der Waals surface area contributed by atoms with Crippen LogP contribution in [0, 0.1) is 10.1 Å². The lowest BCUT2D eigenvalue weighted by molar-refractivity contribution is -0.385. The summed E-state index contributed by atoms with van der Waals surface area (Å²) in [6.07, 6.45) is 1.57. The molecule has 1 rings (SSSR count). The Kier molecular flexibility index (Phi) is 5.72. The van der Waals surface area contributed by atoms with Crippen LogP contribution in [0.15, 0.2) is 18.2 Å². The number of hydrogen-bond acceptors (Lipinski definition) is 4. The van der Waals surface area contributed by atoms with Crippen molar-refractivity contribution in [2.75, 3.05) is 6.54 Å². The number of nitro benzene ring substituents is 1. The van der Waals surface area contributed by atoms with Crippen molar-refractivity contribution in [3.63, 3.8) is 0 Å². The average Bonchev–Trinajstić information content (AvgIpc) is 2.30. The molecule has 1 unspecified atom stereocenters. The third-order valence-electron chi connectivity index (χ3n) is 2.85. The van der Waals surface area contributed by atoms with Gasteiger partial charge in [-0.3, -0.25) is 10.1 Å². The fraction of sp³-hybridized carbons (Fsp3) is 0.538. The number of benzene rings is 1. The van der Waals surface area contributed by atoms with Gasteiger partial charge >= 0.3 is 0 Å². The van der Waals surface area contributed by atoms with E-state index in [2.05, 4.69) is 5.32 Å². The van der Waals surface area contributed by atoms with Crippen LogP contribution in [0.5, 0.6) is 0 Å². The maximum absolute atomic E-state index is 10.9. The van der Waals surface area contributed by atoms with E-state index >= 15 is 0 Å². The van der Waals surface area contributed by atoms with E-state index in [1.54, 1.807) is 19.1 Å². The van der Waals surface area contributed by atoms with E-state index in [0.29, 0.717) is 30.1 Å². The standard InChI is InChI=1S/C13H19ClN2O3/c1-3-6-13(2,17)9-15-8-10-4-5-11(14)7-12(10)16(18)19/h4-5,7,15,17H,3,6,8-9H2,1-2H3. The van der Waals surface area contributed by atoms with Crippen LogP contribution in [0.2, 0.25) is 5.02 Å². The zero-order valence-electron chi connectivity index (χ0n) is 11.1. The first-order valence-corrected chi connectivity index (χ1v) is 6.59. The van der Waals surface area contributed by atoms with Crippen LogP contribution in [-0.2, 0) is 6.54 Å². The number of nitrogens with zero attached hydrogens (tertiary/aromatic N) is 1. The van der Waals surface area contributed by atoms with Crippen molar-refractivity contribution in [3.05, 3.63) is 38.9 Å². The lowest BCUT2D eigenvalue weighted by Gasteiger charge is -2.23. The Bertz CT molecular complexity index is 450. The van der Waals surface area contributed by atoms with Crippen molar-refractivity contribution in [2.45, 2.75) is 38.8 Å². The molecule has 19 heavy (non-hydrogen) atoms. The lowest BCUT2D eigenvalue weighted by Crippen LogP contribution is -2.37. The molecule has 0 saturated carbocycles. The minimum Gasteiger partial charge on any atom is -0.389 e. The fourth-order valence-corrected chi connectivity index (χ4v) is 2.12.